The van der Waals surface area contributed by atoms with E-state index in [9.17, 15) is 0 Å². The van der Waals surface area contributed by atoms with Gasteiger partial charge in [-0.05, 0) is 18.6 Å². The molecule has 152 valence electrons. The number of rotatable bonds is 6. The Morgan fingerprint density at radius 1 is 1.07 bits per heavy atom. The van der Waals surface area contributed by atoms with Crippen molar-refractivity contribution >= 4 is 0 Å². The van der Waals surface area contributed by atoms with Crippen LogP contribution in [0, 0.1) is 0 Å². The first kappa shape index (κ1) is 18.6. The molecule has 1 fully saturated rings. The minimum atomic E-state index is 0.0772. The van der Waals surface area contributed by atoms with E-state index >= 15 is 0 Å². The minimum Gasteiger partial charge on any atom is -0.339 e. The molecule has 30 heavy (non-hydrogen) atoms. The molecule has 1 aliphatic rings. The molecule has 0 aliphatic carbocycles. The van der Waals surface area contributed by atoms with Crippen molar-refractivity contribution in [2.75, 3.05) is 13.1 Å². The summed E-state index contributed by atoms with van der Waals surface area (Å²) in [7, 11) is 0. The third kappa shape index (κ3) is 3.71. The van der Waals surface area contributed by atoms with Crippen molar-refractivity contribution in [1.29, 1.82) is 0 Å². The van der Waals surface area contributed by atoms with Crippen LogP contribution in [0.2, 0.25) is 0 Å². The SMILES string of the molecule is CCn1cc(CN2CC(c3cccnc3)C(c3nc(-c4cnccn4)no3)C2)cn1. The molecule has 2 unspecified atom stereocenters. The van der Waals surface area contributed by atoms with Gasteiger partial charge >= 0.3 is 0 Å². The highest BCUT2D eigenvalue weighted by molar-refractivity contribution is 5.45. The summed E-state index contributed by atoms with van der Waals surface area (Å²) < 4.78 is 7.63. The summed E-state index contributed by atoms with van der Waals surface area (Å²) in [6.45, 7) is 5.49. The van der Waals surface area contributed by atoms with E-state index in [4.69, 9.17) is 4.52 Å². The Labute approximate surface area is 173 Å². The van der Waals surface area contributed by atoms with Crippen LogP contribution >= 0.6 is 0 Å². The number of hydrogen-bond acceptors (Lipinski definition) is 8. The summed E-state index contributed by atoms with van der Waals surface area (Å²) in [6, 6.07) is 4.09. The Morgan fingerprint density at radius 2 is 1.97 bits per heavy atom. The molecular weight excluding hydrogens is 380 g/mol. The summed E-state index contributed by atoms with van der Waals surface area (Å²) in [4.78, 5) is 19.7. The average molecular weight is 402 g/mol. The van der Waals surface area contributed by atoms with Gasteiger partial charge in [0.25, 0.3) is 0 Å². The molecule has 5 rings (SSSR count). The van der Waals surface area contributed by atoms with E-state index in [2.05, 4.69) is 54.3 Å². The molecule has 9 heteroatoms. The van der Waals surface area contributed by atoms with Gasteiger partial charge in [-0.3, -0.25) is 19.5 Å². The fraction of sp³-hybridized carbons (Fsp3) is 0.333. The van der Waals surface area contributed by atoms with Crippen LogP contribution in [0.5, 0.6) is 0 Å². The minimum absolute atomic E-state index is 0.0772. The van der Waals surface area contributed by atoms with Gasteiger partial charge in [0.1, 0.15) is 5.69 Å². The van der Waals surface area contributed by atoms with Crippen molar-refractivity contribution in [1.82, 2.24) is 39.8 Å². The molecule has 1 aliphatic heterocycles. The van der Waals surface area contributed by atoms with Gasteiger partial charge in [-0.25, -0.2) is 4.98 Å². The van der Waals surface area contributed by atoms with Gasteiger partial charge in [0.2, 0.25) is 11.7 Å². The maximum atomic E-state index is 5.68. The lowest BCUT2D eigenvalue weighted by Gasteiger charge is -2.15. The van der Waals surface area contributed by atoms with Gasteiger partial charge in [0.15, 0.2) is 0 Å². The standard InChI is InChI=1S/C21H22N8O/c1-2-29-12-15(8-25-29)11-28-13-17(16-4-3-5-22-9-16)18(14-28)21-26-20(27-30-21)19-10-23-6-7-24-19/h3-10,12,17-18H,2,11,13-14H2,1H3. The van der Waals surface area contributed by atoms with E-state index in [0.29, 0.717) is 17.4 Å². The molecule has 0 saturated carbocycles. The van der Waals surface area contributed by atoms with E-state index < -0.39 is 0 Å². The van der Waals surface area contributed by atoms with E-state index in [1.807, 2.05) is 23.1 Å². The van der Waals surface area contributed by atoms with Gasteiger partial charge in [-0.1, -0.05) is 11.2 Å². The van der Waals surface area contributed by atoms with Crippen molar-refractivity contribution in [3.63, 3.8) is 0 Å². The Morgan fingerprint density at radius 3 is 2.73 bits per heavy atom. The van der Waals surface area contributed by atoms with Crippen LogP contribution in [-0.2, 0) is 13.1 Å². The summed E-state index contributed by atoms with van der Waals surface area (Å²) in [5.41, 5.74) is 2.98. The molecule has 4 aromatic heterocycles. The first-order valence-electron chi connectivity index (χ1n) is 10.0. The molecule has 0 bridgehead atoms. The lowest BCUT2D eigenvalue weighted by Crippen LogP contribution is -2.20. The largest absolute Gasteiger partial charge is 0.339 e. The summed E-state index contributed by atoms with van der Waals surface area (Å²) in [6.07, 6.45) is 12.6. The van der Waals surface area contributed by atoms with Crippen LogP contribution in [-0.4, -0.2) is 52.9 Å². The van der Waals surface area contributed by atoms with Crippen molar-refractivity contribution in [3.8, 4) is 11.5 Å². The topological polar surface area (TPSA) is 98.7 Å². The number of likely N-dealkylation sites (tertiary alicyclic amines) is 1. The Bertz CT molecular complexity index is 1090. The zero-order valence-electron chi connectivity index (χ0n) is 16.7. The Kier molecular flexibility index (Phi) is 5.02. The predicted octanol–water partition coefficient (Wildman–Crippen LogP) is 2.52. The third-order valence-electron chi connectivity index (χ3n) is 5.48. The normalized spacial score (nSPS) is 19.4. The lowest BCUT2D eigenvalue weighted by molar-refractivity contribution is 0.309. The van der Waals surface area contributed by atoms with Crippen LogP contribution in [0.4, 0.5) is 0 Å². The smallest absolute Gasteiger partial charge is 0.232 e. The predicted molar refractivity (Wildman–Crippen MR) is 108 cm³/mol. The van der Waals surface area contributed by atoms with Crippen molar-refractivity contribution in [2.45, 2.75) is 31.8 Å². The van der Waals surface area contributed by atoms with Gasteiger partial charge in [-0.2, -0.15) is 10.1 Å². The highest BCUT2D eigenvalue weighted by atomic mass is 16.5. The highest BCUT2D eigenvalue weighted by Crippen LogP contribution is 2.39. The zero-order valence-corrected chi connectivity index (χ0v) is 16.7. The summed E-state index contributed by atoms with van der Waals surface area (Å²) >= 11 is 0. The third-order valence-corrected chi connectivity index (χ3v) is 5.48. The van der Waals surface area contributed by atoms with E-state index in [1.165, 1.54) is 11.1 Å². The molecule has 9 nitrogen and oxygen atoms in total. The van der Waals surface area contributed by atoms with Crippen molar-refractivity contribution in [3.05, 3.63) is 72.5 Å². The maximum Gasteiger partial charge on any atom is 0.232 e. The molecule has 1 saturated heterocycles. The maximum absolute atomic E-state index is 5.68. The van der Waals surface area contributed by atoms with Crippen LogP contribution in [0.1, 0.15) is 35.8 Å². The fourth-order valence-corrected chi connectivity index (χ4v) is 4.02. The monoisotopic (exact) mass is 402 g/mol. The van der Waals surface area contributed by atoms with Crippen LogP contribution in [0.3, 0.4) is 0 Å². The number of aryl methyl sites for hydroxylation is 1. The Hall–Kier alpha value is -3.46. The van der Waals surface area contributed by atoms with Crippen LogP contribution in [0.25, 0.3) is 11.5 Å². The van der Waals surface area contributed by atoms with Crippen LogP contribution < -0.4 is 0 Å². The highest BCUT2D eigenvalue weighted by Gasteiger charge is 2.38. The van der Waals surface area contributed by atoms with Gasteiger partial charge in [-0.15, -0.1) is 0 Å². The number of nitrogens with zero attached hydrogens (tertiary/aromatic N) is 8. The van der Waals surface area contributed by atoms with Gasteiger partial charge in [0.05, 0.1) is 18.3 Å². The summed E-state index contributed by atoms with van der Waals surface area (Å²) in [5, 5.41) is 8.54. The molecule has 0 spiro atoms. The van der Waals surface area contributed by atoms with Crippen molar-refractivity contribution in [2.24, 2.45) is 0 Å². The second-order valence-electron chi connectivity index (χ2n) is 7.44. The number of pyridine rings is 1. The second-order valence-corrected chi connectivity index (χ2v) is 7.44. The zero-order chi connectivity index (χ0) is 20.3. The lowest BCUT2D eigenvalue weighted by atomic mass is 9.90. The van der Waals surface area contributed by atoms with E-state index in [1.54, 1.807) is 24.8 Å². The molecular formula is C21H22N8O. The van der Waals surface area contributed by atoms with E-state index in [-0.39, 0.29) is 11.8 Å². The number of aromatic nitrogens is 7. The molecule has 0 amide bonds. The number of hydrogen-bond donors (Lipinski definition) is 0. The van der Waals surface area contributed by atoms with Gasteiger partial charge in [0, 0.05) is 68.6 Å². The molecule has 2 atom stereocenters. The average Bonchev–Trinajstić information content (AvgIpc) is 3.55. The first-order valence-corrected chi connectivity index (χ1v) is 10.0. The second kappa shape index (κ2) is 8.11. The molecule has 4 aromatic rings. The molecule has 0 radical (unpaired) electrons. The quantitative estimate of drug-likeness (QED) is 0.485. The molecule has 0 aromatic carbocycles. The van der Waals surface area contributed by atoms with Gasteiger partial charge < -0.3 is 4.52 Å². The fourth-order valence-electron chi connectivity index (χ4n) is 4.02. The summed E-state index contributed by atoms with van der Waals surface area (Å²) in [5.74, 6) is 1.38. The Balaban J connectivity index is 1.41. The van der Waals surface area contributed by atoms with E-state index in [0.717, 1.165) is 26.2 Å². The first-order chi connectivity index (χ1) is 14.8. The van der Waals surface area contributed by atoms with Crippen molar-refractivity contribution < 1.29 is 4.52 Å². The van der Waals surface area contributed by atoms with Crippen LogP contribution in [0.15, 0.2) is 60.0 Å². The molecule has 0 N–H and O–H groups in total. The molecule has 5 heterocycles.